The lowest BCUT2D eigenvalue weighted by Crippen LogP contribution is -2.34. The van der Waals surface area contributed by atoms with E-state index in [1.165, 1.54) is 12.8 Å². The Kier molecular flexibility index (Phi) is 4.92. The molecule has 1 aromatic rings. The van der Waals surface area contributed by atoms with Crippen molar-refractivity contribution >= 4 is 17.5 Å². The van der Waals surface area contributed by atoms with Crippen LogP contribution in [-0.2, 0) is 9.59 Å². The average Bonchev–Trinajstić information content (AvgIpc) is 3.25. The van der Waals surface area contributed by atoms with E-state index in [-0.39, 0.29) is 23.7 Å². The van der Waals surface area contributed by atoms with Crippen molar-refractivity contribution in [3.63, 3.8) is 0 Å². The highest BCUT2D eigenvalue weighted by molar-refractivity contribution is 6.00. The molecule has 0 bridgehead atoms. The molecule has 2 fully saturated rings. The summed E-state index contributed by atoms with van der Waals surface area (Å²) in [5.41, 5.74) is 0.559. The van der Waals surface area contributed by atoms with Crippen molar-refractivity contribution in [2.24, 2.45) is 11.8 Å². The Hall–Kier alpha value is -2.24. The predicted octanol–water partition coefficient (Wildman–Crippen LogP) is 2.34. The predicted molar refractivity (Wildman–Crippen MR) is 90.2 cm³/mol. The standard InChI is InChI=1S/C18H24N2O4/c1-23-12-7-8-16(24-2)15(9-12)20-18(22)14-10-13(14)17(21)19-11-5-3-4-6-11/h7-9,11,13-14H,3-6,10H2,1-2H3,(H,19,21)(H,20,22). The summed E-state index contributed by atoms with van der Waals surface area (Å²) in [6.45, 7) is 0. The summed E-state index contributed by atoms with van der Waals surface area (Å²) < 4.78 is 10.4. The van der Waals surface area contributed by atoms with Crippen LogP contribution in [0.15, 0.2) is 18.2 Å². The first-order chi connectivity index (χ1) is 11.6. The fraction of sp³-hybridized carbons (Fsp3) is 0.556. The van der Waals surface area contributed by atoms with Gasteiger partial charge in [-0.1, -0.05) is 12.8 Å². The number of hydrogen-bond donors (Lipinski definition) is 2. The van der Waals surface area contributed by atoms with Gasteiger partial charge in [-0.05, 0) is 31.4 Å². The molecule has 2 saturated carbocycles. The SMILES string of the molecule is COc1ccc(OC)c(NC(=O)C2CC2C(=O)NC2CCCC2)c1. The second-order valence-corrected chi connectivity index (χ2v) is 6.49. The monoisotopic (exact) mass is 332 g/mol. The molecule has 6 nitrogen and oxygen atoms in total. The number of amides is 2. The normalized spacial score (nSPS) is 22.8. The van der Waals surface area contributed by atoms with E-state index in [9.17, 15) is 9.59 Å². The third-order valence-electron chi connectivity index (χ3n) is 4.83. The molecule has 130 valence electrons. The molecule has 2 atom stereocenters. The van der Waals surface area contributed by atoms with Crippen molar-refractivity contribution in [3.8, 4) is 11.5 Å². The minimum atomic E-state index is -0.262. The molecule has 0 spiro atoms. The number of benzene rings is 1. The van der Waals surface area contributed by atoms with Crippen LogP contribution in [-0.4, -0.2) is 32.1 Å². The second kappa shape index (κ2) is 7.11. The van der Waals surface area contributed by atoms with E-state index in [0.717, 1.165) is 12.8 Å². The van der Waals surface area contributed by atoms with Crippen LogP contribution in [0.25, 0.3) is 0 Å². The topological polar surface area (TPSA) is 76.7 Å². The number of rotatable bonds is 6. The fourth-order valence-corrected chi connectivity index (χ4v) is 3.29. The molecule has 6 heteroatoms. The molecule has 0 saturated heterocycles. The number of anilines is 1. The summed E-state index contributed by atoms with van der Waals surface area (Å²) in [7, 11) is 3.12. The van der Waals surface area contributed by atoms with Gasteiger partial charge >= 0.3 is 0 Å². The summed E-state index contributed by atoms with van der Waals surface area (Å²) in [5.74, 6) is 0.603. The molecular formula is C18H24N2O4. The molecule has 0 aliphatic heterocycles. The van der Waals surface area contributed by atoms with Gasteiger partial charge in [-0.15, -0.1) is 0 Å². The van der Waals surface area contributed by atoms with Gasteiger partial charge in [-0.3, -0.25) is 9.59 Å². The molecule has 3 rings (SSSR count). The lowest BCUT2D eigenvalue weighted by atomic mass is 10.2. The van der Waals surface area contributed by atoms with Gasteiger partial charge in [0.15, 0.2) is 0 Å². The number of methoxy groups -OCH3 is 2. The van der Waals surface area contributed by atoms with Crippen molar-refractivity contribution in [1.29, 1.82) is 0 Å². The molecule has 2 aliphatic rings. The molecule has 1 aromatic carbocycles. The zero-order valence-electron chi connectivity index (χ0n) is 14.1. The highest BCUT2D eigenvalue weighted by atomic mass is 16.5. The number of carbonyl (C=O) groups excluding carboxylic acids is 2. The van der Waals surface area contributed by atoms with Gasteiger partial charge in [0.2, 0.25) is 11.8 Å². The van der Waals surface area contributed by atoms with Crippen LogP contribution in [0.2, 0.25) is 0 Å². The maximum absolute atomic E-state index is 12.4. The quantitative estimate of drug-likeness (QED) is 0.838. The van der Waals surface area contributed by atoms with Gasteiger partial charge in [-0.2, -0.15) is 0 Å². The number of ether oxygens (including phenoxy) is 2. The molecular weight excluding hydrogens is 308 g/mol. The maximum Gasteiger partial charge on any atom is 0.228 e. The molecule has 2 N–H and O–H groups in total. The van der Waals surface area contributed by atoms with Crippen molar-refractivity contribution in [2.45, 2.75) is 38.1 Å². The fourth-order valence-electron chi connectivity index (χ4n) is 3.29. The first-order valence-electron chi connectivity index (χ1n) is 8.45. The first kappa shape index (κ1) is 16.6. The molecule has 24 heavy (non-hydrogen) atoms. The summed E-state index contributed by atoms with van der Waals surface area (Å²) in [4.78, 5) is 24.6. The summed E-state index contributed by atoms with van der Waals surface area (Å²) in [6, 6.07) is 5.52. The van der Waals surface area contributed by atoms with Crippen molar-refractivity contribution in [1.82, 2.24) is 5.32 Å². The Bertz CT molecular complexity index is 625. The number of nitrogens with one attached hydrogen (secondary N) is 2. The smallest absolute Gasteiger partial charge is 0.228 e. The molecule has 0 aromatic heterocycles. The van der Waals surface area contributed by atoms with E-state index in [2.05, 4.69) is 10.6 Å². The van der Waals surface area contributed by atoms with Crippen molar-refractivity contribution < 1.29 is 19.1 Å². The van der Waals surface area contributed by atoms with Gasteiger partial charge in [-0.25, -0.2) is 0 Å². The Balaban J connectivity index is 1.57. The largest absolute Gasteiger partial charge is 0.497 e. The van der Waals surface area contributed by atoms with Crippen LogP contribution < -0.4 is 20.1 Å². The first-order valence-corrected chi connectivity index (χ1v) is 8.45. The molecule has 2 aliphatic carbocycles. The highest BCUT2D eigenvalue weighted by Crippen LogP contribution is 2.41. The molecule has 0 radical (unpaired) electrons. The zero-order valence-corrected chi connectivity index (χ0v) is 14.1. The van der Waals surface area contributed by atoms with E-state index < -0.39 is 0 Å². The van der Waals surface area contributed by atoms with E-state index >= 15 is 0 Å². The minimum absolute atomic E-state index is 0.0136. The van der Waals surface area contributed by atoms with Crippen LogP contribution in [0.5, 0.6) is 11.5 Å². The van der Waals surface area contributed by atoms with Gasteiger partial charge in [0.05, 0.1) is 31.7 Å². The van der Waals surface area contributed by atoms with Crippen molar-refractivity contribution in [3.05, 3.63) is 18.2 Å². The summed E-state index contributed by atoms with van der Waals surface area (Å²) in [6.07, 6.45) is 5.06. The highest BCUT2D eigenvalue weighted by Gasteiger charge is 2.48. The van der Waals surface area contributed by atoms with E-state index in [1.807, 2.05) is 0 Å². The lowest BCUT2D eigenvalue weighted by Gasteiger charge is -2.13. The molecule has 0 heterocycles. The van der Waals surface area contributed by atoms with E-state index in [1.54, 1.807) is 32.4 Å². The third kappa shape index (κ3) is 3.63. The Labute approximate surface area is 141 Å². The average molecular weight is 332 g/mol. The van der Waals surface area contributed by atoms with Crippen LogP contribution in [0.3, 0.4) is 0 Å². The van der Waals surface area contributed by atoms with Crippen LogP contribution in [0.1, 0.15) is 32.1 Å². The van der Waals surface area contributed by atoms with Crippen molar-refractivity contribution in [2.75, 3.05) is 19.5 Å². The van der Waals surface area contributed by atoms with Crippen LogP contribution >= 0.6 is 0 Å². The minimum Gasteiger partial charge on any atom is -0.497 e. The number of carbonyl (C=O) groups is 2. The van der Waals surface area contributed by atoms with E-state index in [4.69, 9.17) is 9.47 Å². The van der Waals surface area contributed by atoms with Gasteiger partial charge < -0.3 is 20.1 Å². The Morgan fingerprint density at radius 2 is 1.75 bits per heavy atom. The van der Waals surface area contributed by atoms with E-state index in [0.29, 0.717) is 29.6 Å². The molecule has 2 amide bonds. The zero-order chi connectivity index (χ0) is 17.1. The van der Waals surface area contributed by atoms with Gasteiger partial charge in [0.25, 0.3) is 0 Å². The second-order valence-electron chi connectivity index (χ2n) is 6.49. The van der Waals surface area contributed by atoms with Gasteiger partial charge in [0, 0.05) is 12.1 Å². The van der Waals surface area contributed by atoms with Gasteiger partial charge in [0.1, 0.15) is 11.5 Å². The van der Waals surface area contributed by atoms with Crippen LogP contribution in [0, 0.1) is 11.8 Å². The summed E-state index contributed by atoms with van der Waals surface area (Å²) >= 11 is 0. The Morgan fingerprint density at radius 1 is 1.04 bits per heavy atom. The maximum atomic E-state index is 12.4. The lowest BCUT2D eigenvalue weighted by molar-refractivity contribution is -0.125. The summed E-state index contributed by atoms with van der Waals surface area (Å²) in [5, 5.41) is 5.92. The van der Waals surface area contributed by atoms with Crippen LogP contribution in [0.4, 0.5) is 5.69 Å². The third-order valence-corrected chi connectivity index (χ3v) is 4.83. The molecule has 2 unspecified atom stereocenters. The number of hydrogen-bond acceptors (Lipinski definition) is 4. The Morgan fingerprint density at radius 3 is 2.42 bits per heavy atom.